The van der Waals surface area contributed by atoms with Crippen molar-refractivity contribution >= 4 is 11.3 Å². The van der Waals surface area contributed by atoms with E-state index < -0.39 is 0 Å². The molecule has 1 aliphatic rings. The van der Waals surface area contributed by atoms with Crippen molar-refractivity contribution in [2.24, 2.45) is 5.41 Å². The van der Waals surface area contributed by atoms with Crippen molar-refractivity contribution in [3.63, 3.8) is 0 Å². The normalized spacial score (nSPS) is 23.1. The predicted molar refractivity (Wildman–Crippen MR) is 62.7 cm³/mol. The smallest absolute Gasteiger partial charge is 0.0388 e. The van der Waals surface area contributed by atoms with Gasteiger partial charge in [0.2, 0.25) is 0 Å². The molecule has 1 N–H and O–H groups in total. The molecule has 2 rings (SSSR count). The van der Waals surface area contributed by atoms with Crippen LogP contribution in [0.2, 0.25) is 0 Å². The van der Waals surface area contributed by atoms with Gasteiger partial charge < -0.3 is 5.32 Å². The molecule has 1 aromatic heterocycles. The van der Waals surface area contributed by atoms with Crippen molar-refractivity contribution in [2.45, 2.75) is 45.7 Å². The Morgan fingerprint density at radius 3 is 2.71 bits per heavy atom. The monoisotopic (exact) mass is 209 g/mol. The van der Waals surface area contributed by atoms with E-state index in [2.05, 4.69) is 43.6 Å². The third-order valence-electron chi connectivity index (χ3n) is 3.05. The third-order valence-corrected chi connectivity index (χ3v) is 4.11. The van der Waals surface area contributed by atoms with E-state index >= 15 is 0 Å². The molecule has 1 heterocycles. The largest absolute Gasteiger partial charge is 0.307 e. The summed E-state index contributed by atoms with van der Waals surface area (Å²) in [6.45, 7) is 6.96. The zero-order valence-electron chi connectivity index (χ0n) is 9.21. The Bertz CT molecular complexity index is 281. The van der Waals surface area contributed by atoms with Crippen LogP contribution in [0.1, 0.15) is 44.5 Å². The summed E-state index contributed by atoms with van der Waals surface area (Å²) in [5.74, 6) is 0. The molecule has 0 amide bonds. The van der Waals surface area contributed by atoms with Gasteiger partial charge in [-0.15, -0.1) is 11.3 Å². The van der Waals surface area contributed by atoms with Crippen LogP contribution in [0.3, 0.4) is 0 Å². The van der Waals surface area contributed by atoms with E-state index in [0.717, 1.165) is 6.04 Å². The van der Waals surface area contributed by atoms with Gasteiger partial charge in [-0.25, -0.2) is 0 Å². The highest BCUT2D eigenvalue weighted by molar-refractivity contribution is 7.10. The fourth-order valence-electron chi connectivity index (χ4n) is 2.37. The van der Waals surface area contributed by atoms with Gasteiger partial charge in [-0.05, 0) is 36.6 Å². The fourth-order valence-corrected chi connectivity index (χ4v) is 3.11. The van der Waals surface area contributed by atoms with Crippen LogP contribution in [-0.4, -0.2) is 6.04 Å². The van der Waals surface area contributed by atoms with E-state index in [4.69, 9.17) is 0 Å². The molecule has 0 aliphatic heterocycles. The van der Waals surface area contributed by atoms with Gasteiger partial charge in [-0.2, -0.15) is 0 Å². The summed E-state index contributed by atoms with van der Waals surface area (Å²) in [6, 6.07) is 5.60. The Balaban J connectivity index is 1.82. The predicted octanol–water partition coefficient (Wildman–Crippen LogP) is 3.59. The van der Waals surface area contributed by atoms with E-state index in [1.165, 1.54) is 17.7 Å². The van der Waals surface area contributed by atoms with Crippen molar-refractivity contribution < 1.29 is 0 Å². The van der Waals surface area contributed by atoms with Crippen LogP contribution < -0.4 is 5.32 Å². The van der Waals surface area contributed by atoms with Crippen LogP contribution in [-0.2, 0) is 0 Å². The second-order valence-electron chi connectivity index (χ2n) is 5.17. The Kier molecular flexibility index (Phi) is 2.67. The van der Waals surface area contributed by atoms with Crippen LogP contribution in [0, 0.1) is 5.41 Å². The summed E-state index contributed by atoms with van der Waals surface area (Å²) in [4.78, 5) is 1.45. The maximum absolute atomic E-state index is 3.68. The lowest BCUT2D eigenvalue weighted by molar-refractivity contribution is 0.118. The van der Waals surface area contributed by atoms with Crippen molar-refractivity contribution in [2.75, 3.05) is 0 Å². The minimum absolute atomic E-state index is 0.524. The first-order valence-electron chi connectivity index (χ1n) is 5.36. The second kappa shape index (κ2) is 3.67. The fraction of sp³-hybridized carbons (Fsp3) is 0.667. The first kappa shape index (κ1) is 10.2. The molecule has 78 valence electrons. The molecule has 1 aliphatic carbocycles. The quantitative estimate of drug-likeness (QED) is 0.802. The average Bonchev–Trinajstić information content (AvgIpc) is 2.51. The molecule has 1 atom stereocenters. The maximum Gasteiger partial charge on any atom is 0.0388 e. The van der Waals surface area contributed by atoms with Gasteiger partial charge >= 0.3 is 0 Å². The summed E-state index contributed by atoms with van der Waals surface area (Å²) in [7, 11) is 0. The van der Waals surface area contributed by atoms with Crippen molar-refractivity contribution in [1.29, 1.82) is 0 Å². The number of thiophene rings is 1. The molecule has 14 heavy (non-hydrogen) atoms. The maximum atomic E-state index is 3.68. The van der Waals surface area contributed by atoms with Gasteiger partial charge in [0.05, 0.1) is 0 Å². The first-order chi connectivity index (χ1) is 6.57. The van der Waals surface area contributed by atoms with Gasteiger partial charge in [0.15, 0.2) is 0 Å². The Morgan fingerprint density at radius 1 is 1.50 bits per heavy atom. The molecule has 0 bridgehead atoms. The first-order valence-corrected chi connectivity index (χ1v) is 6.24. The van der Waals surface area contributed by atoms with Crippen LogP contribution in [0.25, 0.3) is 0 Å². The lowest BCUT2D eigenvalue weighted by Gasteiger charge is -2.44. The lowest BCUT2D eigenvalue weighted by Crippen LogP contribution is -2.46. The summed E-state index contributed by atoms with van der Waals surface area (Å²) in [6.07, 6.45) is 2.64. The average molecular weight is 209 g/mol. The highest BCUT2D eigenvalue weighted by Crippen LogP contribution is 2.40. The van der Waals surface area contributed by atoms with Gasteiger partial charge in [-0.1, -0.05) is 19.9 Å². The highest BCUT2D eigenvalue weighted by atomic mass is 32.1. The van der Waals surface area contributed by atoms with E-state index in [1.54, 1.807) is 0 Å². The standard InChI is InChI=1S/C12H19NS/c1-9(11-5-4-6-14-11)13-10-7-12(2,3)8-10/h4-6,9-10,13H,7-8H2,1-3H3/t9-/m1/s1. The Labute approximate surface area is 90.5 Å². The zero-order chi connectivity index (χ0) is 10.2. The summed E-state index contributed by atoms with van der Waals surface area (Å²) in [5.41, 5.74) is 0.576. The number of nitrogens with one attached hydrogen (secondary N) is 1. The van der Waals surface area contributed by atoms with Crippen LogP contribution >= 0.6 is 11.3 Å². The highest BCUT2D eigenvalue weighted by Gasteiger charge is 2.36. The molecule has 0 aromatic carbocycles. The van der Waals surface area contributed by atoms with Gasteiger partial charge in [0, 0.05) is 17.0 Å². The zero-order valence-corrected chi connectivity index (χ0v) is 10.0. The molecule has 1 saturated carbocycles. The van der Waals surface area contributed by atoms with Crippen LogP contribution in [0.4, 0.5) is 0 Å². The van der Waals surface area contributed by atoms with Gasteiger partial charge in [0.25, 0.3) is 0 Å². The van der Waals surface area contributed by atoms with Crippen molar-refractivity contribution in [1.82, 2.24) is 5.32 Å². The molecule has 1 aromatic rings. The molecule has 0 unspecified atom stereocenters. The minimum atomic E-state index is 0.524. The summed E-state index contributed by atoms with van der Waals surface area (Å²) < 4.78 is 0. The van der Waals surface area contributed by atoms with Crippen molar-refractivity contribution in [3.05, 3.63) is 22.4 Å². The van der Waals surface area contributed by atoms with E-state index in [9.17, 15) is 0 Å². The Hall–Kier alpha value is -0.340. The summed E-state index contributed by atoms with van der Waals surface area (Å²) >= 11 is 1.84. The number of hydrogen-bond donors (Lipinski definition) is 1. The Morgan fingerprint density at radius 2 is 2.21 bits per heavy atom. The topological polar surface area (TPSA) is 12.0 Å². The molecular formula is C12H19NS. The van der Waals surface area contributed by atoms with Gasteiger partial charge in [-0.3, -0.25) is 0 Å². The number of rotatable bonds is 3. The van der Waals surface area contributed by atoms with Crippen LogP contribution in [0.5, 0.6) is 0 Å². The van der Waals surface area contributed by atoms with E-state index in [1.807, 2.05) is 11.3 Å². The molecular weight excluding hydrogens is 190 g/mol. The molecule has 0 saturated heterocycles. The summed E-state index contributed by atoms with van der Waals surface area (Å²) in [5, 5.41) is 5.84. The number of hydrogen-bond acceptors (Lipinski definition) is 2. The lowest BCUT2D eigenvalue weighted by atomic mass is 9.68. The van der Waals surface area contributed by atoms with Crippen molar-refractivity contribution in [3.8, 4) is 0 Å². The molecule has 2 heteroatoms. The van der Waals surface area contributed by atoms with E-state index in [0.29, 0.717) is 11.5 Å². The molecule has 0 radical (unpaired) electrons. The van der Waals surface area contributed by atoms with Gasteiger partial charge in [0.1, 0.15) is 0 Å². The second-order valence-corrected chi connectivity index (χ2v) is 6.15. The molecule has 0 spiro atoms. The molecule has 1 fully saturated rings. The molecule has 1 nitrogen and oxygen atoms in total. The third kappa shape index (κ3) is 2.18. The van der Waals surface area contributed by atoms with Crippen LogP contribution in [0.15, 0.2) is 17.5 Å². The SMILES string of the molecule is C[C@@H](NC1CC(C)(C)C1)c1cccs1. The van der Waals surface area contributed by atoms with E-state index in [-0.39, 0.29) is 0 Å². The minimum Gasteiger partial charge on any atom is -0.307 e.